The van der Waals surface area contributed by atoms with Crippen LogP contribution in [0.5, 0.6) is 11.5 Å². The molecule has 0 bridgehead atoms. The van der Waals surface area contributed by atoms with Crippen LogP contribution in [0.25, 0.3) is 6.08 Å². The van der Waals surface area contributed by atoms with Gasteiger partial charge in [-0.2, -0.15) is 0 Å². The molecule has 0 N–H and O–H groups in total. The molecule has 1 heterocycles. The van der Waals surface area contributed by atoms with Gasteiger partial charge in [0, 0.05) is 10.0 Å². The Labute approximate surface area is 205 Å². The van der Waals surface area contributed by atoms with Crippen LogP contribution in [0.1, 0.15) is 16.7 Å². The lowest BCUT2D eigenvalue weighted by atomic mass is 10.1. The Morgan fingerprint density at radius 3 is 2.45 bits per heavy atom. The molecule has 0 aromatic heterocycles. The molecule has 5 nitrogen and oxygen atoms in total. The lowest BCUT2D eigenvalue weighted by Gasteiger charge is -2.13. The summed E-state index contributed by atoms with van der Waals surface area (Å²) in [5, 5.41) is 0.832. The van der Waals surface area contributed by atoms with Gasteiger partial charge in [-0.05, 0) is 64.9 Å². The van der Waals surface area contributed by atoms with E-state index in [-0.39, 0.29) is 17.7 Å². The van der Waals surface area contributed by atoms with Crippen molar-refractivity contribution in [3.05, 3.63) is 98.4 Å². The molecule has 1 aliphatic rings. The van der Waals surface area contributed by atoms with Gasteiger partial charge in [0.15, 0.2) is 11.5 Å². The van der Waals surface area contributed by atoms with Crippen LogP contribution in [0, 0.1) is 0 Å². The Morgan fingerprint density at radius 2 is 1.73 bits per heavy atom. The fourth-order valence-electron chi connectivity index (χ4n) is 3.22. The molecule has 3 aromatic carbocycles. The quantitative estimate of drug-likeness (QED) is 0.334. The molecule has 4 rings (SSSR count). The molecule has 1 fully saturated rings. The molecule has 0 saturated carbocycles. The Kier molecular flexibility index (Phi) is 7.28. The monoisotopic (exact) mass is 499 g/mol. The van der Waals surface area contributed by atoms with Gasteiger partial charge < -0.3 is 9.47 Å². The van der Waals surface area contributed by atoms with Crippen LogP contribution in [-0.4, -0.2) is 23.2 Å². The van der Waals surface area contributed by atoms with Crippen LogP contribution in [0.3, 0.4) is 0 Å². The van der Waals surface area contributed by atoms with Crippen molar-refractivity contribution in [2.75, 3.05) is 7.11 Å². The smallest absolute Gasteiger partial charge is 0.293 e. The van der Waals surface area contributed by atoms with Crippen LogP contribution in [0.4, 0.5) is 4.79 Å². The lowest BCUT2D eigenvalue weighted by Crippen LogP contribution is -2.27. The second-order valence-electron chi connectivity index (χ2n) is 7.18. The van der Waals surface area contributed by atoms with Crippen molar-refractivity contribution in [1.82, 2.24) is 4.90 Å². The third-order valence-corrected chi connectivity index (χ3v) is 6.48. The van der Waals surface area contributed by atoms with Gasteiger partial charge in [0.2, 0.25) is 0 Å². The van der Waals surface area contributed by atoms with Crippen molar-refractivity contribution in [2.24, 2.45) is 0 Å². The van der Waals surface area contributed by atoms with Gasteiger partial charge in [0.05, 0.1) is 18.6 Å². The topological polar surface area (TPSA) is 55.8 Å². The average Bonchev–Trinajstić information content (AvgIpc) is 3.07. The first-order valence-electron chi connectivity index (χ1n) is 9.98. The van der Waals surface area contributed by atoms with E-state index in [1.165, 1.54) is 4.90 Å². The van der Waals surface area contributed by atoms with Crippen LogP contribution < -0.4 is 9.47 Å². The molecule has 168 valence electrons. The standard InChI is InChI=1S/C25H19Cl2NO4S/c1-31-21-11-8-17(12-22(21)32-15-16-6-9-19(26)10-7-16)13-23-24(29)28(25(30)33-23)14-18-4-2-3-5-20(18)27/h2-13H,14-15H2,1H3/b23-13-. The van der Waals surface area contributed by atoms with Gasteiger partial charge in [-0.3, -0.25) is 14.5 Å². The van der Waals surface area contributed by atoms with E-state index in [0.29, 0.717) is 44.2 Å². The molecular weight excluding hydrogens is 481 g/mol. The number of amides is 2. The summed E-state index contributed by atoms with van der Waals surface area (Å²) in [7, 11) is 1.56. The van der Waals surface area contributed by atoms with Crippen molar-refractivity contribution in [3.63, 3.8) is 0 Å². The molecule has 33 heavy (non-hydrogen) atoms. The number of imide groups is 1. The molecule has 1 aliphatic heterocycles. The fraction of sp³-hybridized carbons (Fsp3) is 0.120. The van der Waals surface area contributed by atoms with E-state index in [1.807, 2.05) is 18.2 Å². The predicted octanol–water partition coefficient (Wildman–Crippen LogP) is 6.82. The maximum atomic E-state index is 12.9. The average molecular weight is 500 g/mol. The highest BCUT2D eigenvalue weighted by molar-refractivity contribution is 8.18. The molecule has 1 saturated heterocycles. The maximum absolute atomic E-state index is 12.9. The predicted molar refractivity (Wildman–Crippen MR) is 132 cm³/mol. The molecule has 0 atom stereocenters. The first kappa shape index (κ1) is 23.2. The van der Waals surface area contributed by atoms with Crippen molar-refractivity contribution in [1.29, 1.82) is 0 Å². The summed E-state index contributed by atoms with van der Waals surface area (Å²) < 4.78 is 11.3. The van der Waals surface area contributed by atoms with Gasteiger partial charge >= 0.3 is 0 Å². The summed E-state index contributed by atoms with van der Waals surface area (Å²) in [6, 6.07) is 19.8. The minimum atomic E-state index is -0.357. The second-order valence-corrected chi connectivity index (χ2v) is 9.02. The van der Waals surface area contributed by atoms with Gasteiger partial charge in [0.1, 0.15) is 6.61 Å². The van der Waals surface area contributed by atoms with Crippen molar-refractivity contribution in [2.45, 2.75) is 13.2 Å². The summed E-state index contributed by atoms with van der Waals surface area (Å²) in [6.07, 6.45) is 1.67. The Balaban J connectivity index is 1.52. The number of hydrogen-bond donors (Lipinski definition) is 0. The van der Waals surface area contributed by atoms with Crippen LogP contribution in [0.2, 0.25) is 10.0 Å². The minimum Gasteiger partial charge on any atom is -0.493 e. The number of hydrogen-bond acceptors (Lipinski definition) is 5. The van der Waals surface area contributed by atoms with E-state index < -0.39 is 0 Å². The van der Waals surface area contributed by atoms with Crippen molar-refractivity contribution >= 4 is 52.2 Å². The summed E-state index contributed by atoms with van der Waals surface area (Å²) in [5.41, 5.74) is 2.38. The SMILES string of the molecule is COc1ccc(/C=C2\SC(=O)N(Cc3ccccc3Cl)C2=O)cc1OCc1ccc(Cl)cc1. The van der Waals surface area contributed by atoms with E-state index in [9.17, 15) is 9.59 Å². The zero-order valence-corrected chi connectivity index (χ0v) is 19.9. The highest BCUT2D eigenvalue weighted by atomic mass is 35.5. The van der Waals surface area contributed by atoms with Gasteiger partial charge in [-0.15, -0.1) is 0 Å². The van der Waals surface area contributed by atoms with Gasteiger partial charge in [-0.1, -0.05) is 59.6 Å². The van der Waals surface area contributed by atoms with Crippen molar-refractivity contribution < 1.29 is 19.1 Å². The molecule has 0 aliphatic carbocycles. The number of carbonyl (C=O) groups excluding carboxylic acids is 2. The normalized spacial score (nSPS) is 14.8. The van der Waals surface area contributed by atoms with E-state index >= 15 is 0 Å². The fourth-order valence-corrected chi connectivity index (χ4v) is 4.38. The number of thioether (sulfide) groups is 1. The van der Waals surface area contributed by atoms with Crippen molar-refractivity contribution in [3.8, 4) is 11.5 Å². The Bertz CT molecular complexity index is 1230. The number of methoxy groups -OCH3 is 1. The van der Waals surface area contributed by atoms with Gasteiger partial charge in [-0.25, -0.2) is 0 Å². The Morgan fingerprint density at radius 1 is 0.970 bits per heavy atom. The number of benzene rings is 3. The van der Waals surface area contributed by atoms with Crippen LogP contribution in [0.15, 0.2) is 71.6 Å². The maximum Gasteiger partial charge on any atom is 0.293 e. The third-order valence-electron chi connectivity index (χ3n) is 4.95. The molecule has 0 radical (unpaired) electrons. The van der Waals surface area contributed by atoms with E-state index in [4.69, 9.17) is 32.7 Å². The number of ether oxygens (including phenoxy) is 2. The highest BCUT2D eigenvalue weighted by Gasteiger charge is 2.35. The number of carbonyl (C=O) groups is 2. The molecule has 0 spiro atoms. The minimum absolute atomic E-state index is 0.125. The van der Waals surface area contributed by atoms with E-state index in [1.54, 1.807) is 61.7 Å². The molecule has 8 heteroatoms. The largest absolute Gasteiger partial charge is 0.493 e. The number of nitrogens with zero attached hydrogens (tertiary/aromatic N) is 1. The molecule has 3 aromatic rings. The molecular formula is C25H19Cl2NO4S. The highest BCUT2D eigenvalue weighted by Crippen LogP contribution is 2.36. The van der Waals surface area contributed by atoms with Crippen LogP contribution >= 0.6 is 35.0 Å². The number of rotatable bonds is 7. The first-order valence-corrected chi connectivity index (χ1v) is 11.6. The Hall–Kier alpha value is -2.93. The summed E-state index contributed by atoms with van der Waals surface area (Å²) in [4.78, 5) is 26.9. The van der Waals surface area contributed by atoms with E-state index in [2.05, 4.69) is 0 Å². The zero-order valence-electron chi connectivity index (χ0n) is 17.6. The molecule has 2 amide bonds. The van der Waals surface area contributed by atoms with Crippen LogP contribution in [-0.2, 0) is 17.9 Å². The summed E-state index contributed by atoms with van der Waals surface area (Å²) in [5.74, 6) is 0.730. The summed E-state index contributed by atoms with van der Waals surface area (Å²) in [6.45, 7) is 0.449. The third kappa shape index (κ3) is 5.53. The van der Waals surface area contributed by atoms with Gasteiger partial charge in [0.25, 0.3) is 11.1 Å². The lowest BCUT2D eigenvalue weighted by molar-refractivity contribution is -0.123. The second kappa shape index (κ2) is 10.3. The summed E-state index contributed by atoms with van der Waals surface area (Å²) >= 11 is 13.0. The van der Waals surface area contributed by atoms with E-state index in [0.717, 1.165) is 17.3 Å². The zero-order chi connectivity index (χ0) is 23.4. The number of halogens is 2. The molecule has 0 unspecified atom stereocenters. The first-order chi connectivity index (χ1) is 15.9.